The Labute approximate surface area is 165 Å². The second-order valence-corrected chi connectivity index (χ2v) is 7.58. The molecule has 0 spiro atoms. The number of halogens is 1. The lowest BCUT2D eigenvalue weighted by molar-refractivity contribution is -1.02. The third kappa shape index (κ3) is 5.45. The molecule has 3 rings (SSSR count). The number of hydrogen-bond donors (Lipinski definition) is 3. The zero-order valence-corrected chi connectivity index (χ0v) is 16.7. The van der Waals surface area contributed by atoms with Gasteiger partial charge in [-0.05, 0) is 30.7 Å². The van der Waals surface area contributed by atoms with Crippen LogP contribution >= 0.6 is 11.6 Å². The van der Waals surface area contributed by atoms with Gasteiger partial charge in [-0.25, -0.2) is 0 Å². The van der Waals surface area contributed by atoms with E-state index in [2.05, 4.69) is 36.5 Å². The number of benzene rings is 2. The summed E-state index contributed by atoms with van der Waals surface area (Å²) >= 11 is 6.11. The number of aryl methyl sites for hydroxylation is 1. The Kier molecular flexibility index (Phi) is 6.72. The minimum absolute atomic E-state index is 0.0218. The Bertz CT molecular complexity index is 789. The predicted molar refractivity (Wildman–Crippen MR) is 108 cm³/mol. The second kappa shape index (κ2) is 9.22. The number of anilines is 1. The molecule has 0 aromatic heterocycles. The summed E-state index contributed by atoms with van der Waals surface area (Å²) in [6.07, 6.45) is 0. The minimum atomic E-state index is 0.0218. The van der Waals surface area contributed by atoms with Crippen LogP contribution in [0.1, 0.15) is 11.1 Å². The Morgan fingerprint density at radius 2 is 1.81 bits per heavy atom. The summed E-state index contributed by atoms with van der Waals surface area (Å²) in [7, 11) is 1.57. The van der Waals surface area contributed by atoms with Crippen LogP contribution in [-0.2, 0) is 11.3 Å². The molecule has 1 saturated heterocycles. The third-order valence-electron chi connectivity index (χ3n) is 5.21. The average Bonchev–Trinajstić information content (AvgIpc) is 2.65. The fourth-order valence-electron chi connectivity index (χ4n) is 3.56. The van der Waals surface area contributed by atoms with E-state index in [1.807, 2.05) is 6.07 Å². The van der Waals surface area contributed by atoms with Gasteiger partial charge in [-0.3, -0.25) is 4.79 Å². The van der Waals surface area contributed by atoms with Crippen molar-refractivity contribution in [1.29, 1.82) is 0 Å². The quantitative estimate of drug-likeness (QED) is 0.677. The highest BCUT2D eigenvalue weighted by Crippen LogP contribution is 2.27. The molecule has 2 aromatic rings. The Balaban J connectivity index is 1.45. The minimum Gasteiger partial charge on any atom is -0.495 e. The molecule has 0 radical (unpaired) electrons. The number of rotatable bonds is 6. The van der Waals surface area contributed by atoms with E-state index in [0.29, 0.717) is 23.0 Å². The molecular formula is C21H28ClN3O2+2. The van der Waals surface area contributed by atoms with E-state index >= 15 is 0 Å². The van der Waals surface area contributed by atoms with E-state index in [1.54, 1.807) is 24.1 Å². The van der Waals surface area contributed by atoms with Crippen molar-refractivity contribution in [3.8, 4) is 5.75 Å². The molecule has 1 fully saturated rings. The van der Waals surface area contributed by atoms with E-state index in [0.717, 1.165) is 32.7 Å². The standard InChI is InChI=1S/C21H26ClN3O2/c1-16-5-3-4-6-17(16)14-24-9-11-25(12-10-24)15-21(26)23-18-7-8-20(27-2)19(22)13-18/h3-8,13H,9-12,14-15H2,1-2H3,(H,23,26)/p+2. The Morgan fingerprint density at radius 1 is 1.11 bits per heavy atom. The van der Waals surface area contributed by atoms with Crippen molar-refractivity contribution in [2.75, 3.05) is 45.2 Å². The van der Waals surface area contributed by atoms with E-state index in [1.165, 1.54) is 16.0 Å². The van der Waals surface area contributed by atoms with Crippen molar-refractivity contribution >= 4 is 23.2 Å². The van der Waals surface area contributed by atoms with Crippen molar-refractivity contribution in [2.45, 2.75) is 13.5 Å². The molecule has 0 aliphatic carbocycles. The fourth-order valence-corrected chi connectivity index (χ4v) is 3.82. The maximum Gasteiger partial charge on any atom is 0.279 e. The summed E-state index contributed by atoms with van der Waals surface area (Å²) in [6, 6.07) is 13.9. The van der Waals surface area contributed by atoms with E-state index in [4.69, 9.17) is 16.3 Å². The fraction of sp³-hybridized carbons (Fsp3) is 0.381. The van der Waals surface area contributed by atoms with Crippen LogP contribution in [-0.4, -0.2) is 45.7 Å². The molecule has 27 heavy (non-hydrogen) atoms. The van der Waals surface area contributed by atoms with Gasteiger partial charge in [0.05, 0.1) is 12.1 Å². The summed E-state index contributed by atoms with van der Waals surface area (Å²) in [5.74, 6) is 0.627. The molecule has 1 heterocycles. The first-order valence-electron chi connectivity index (χ1n) is 9.40. The summed E-state index contributed by atoms with van der Waals surface area (Å²) in [4.78, 5) is 15.3. The Hall–Kier alpha value is -2.08. The van der Waals surface area contributed by atoms with Gasteiger partial charge in [-0.2, -0.15) is 0 Å². The number of amides is 1. The van der Waals surface area contributed by atoms with Gasteiger partial charge >= 0.3 is 0 Å². The molecule has 3 N–H and O–H groups in total. The Morgan fingerprint density at radius 3 is 2.48 bits per heavy atom. The average molecular weight is 390 g/mol. The van der Waals surface area contributed by atoms with Crippen LogP contribution < -0.4 is 19.9 Å². The number of hydrogen-bond acceptors (Lipinski definition) is 2. The lowest BCUT2D eigenvalue weighted by atomic mass is 10.1. The molecule has 0 saturated carbocycles. The monoisotopic (exact) mass is 389 g/mol. The van der Waals surface area contributed by atoms with Gasteiger partial charge in [0.15, 0.2) is 6.54 Å². The van der Waals surface area contributed by atoms with Crippen LogP contribution in [0, 0.1) is 6.92 Å². The van der Waals surface area contributed by atoms with Crippen LogP contribution in [0.4, 0.5) is 5.69 Å². The second-order valence-electron chi connectivity index (χ2n) is 7.18. The van der Waals surface area contributed by atoms with Crippen LogP contribution in [0.25, 0.3) is 0 Å². The lowest BCUT2D eigenvalue weighted by Gasteiger charge is -2.29. The highest BCUT2D eigenvalue weighted by molar-refractivity contribution is 6.32. The van der Waals surface area contributed by atoms with Crippen molar-refractivity contribution in [3.05, 3.63) is 58.6 Å². The number of carbonyl (C=O) groups excluding carboxylic acids is 1. The van der Waals surface area contributed by atoms with Crippen LogP contribution in [0.5, 0.6) is 5.75 Å². The van der Waals surface area contributed by atoms with Crippen molar-refractivity contribution in [1.82, 2.24) is 0 Å². The molecule has 2 aromatic carbocycles. The molecule has 0 unspecified atom stereocenters. The molecular weight excluding hydrogens is 362 g/mol. The first kappa shape index (κ1) is 19.7. The number of piperazine rings is 1. The normalized spacial score (nSPS) is 19.5. The first-order valence-corrected chi connectivity index (χ1v) is 9.78. The number of quaternary nitrogens is 2. The van der Waals surface area contributed by atoms with E-state index in [-0.39, 0.29) is 5.91 Å². The maximum atomic E-state index is 12.4. The summed E-state index contributed by atoms with van der Waals surface area (Å²) in [5.41, 5.74) is 3.48. The molecule has 1 aliphatic heterocycles. The van der Waals surface area contributed by atoms with Crippen molar-refractivity contribution < 1.29 is 19.3 Å². The number of methoxy groups -OCH3 is 1. The van der Waals surface area contributed by atoms with Crippen LogP contribution in [0.3, 0.4) is 0 Å². The lowest BCUT2D eigenvalue weighted by Crippen LogP contribution is -3.28. The highest BCUT2D eigenvalue weighted by Gasteiger charge is 2.25. The van der Waals surface area contributed by atoms with Gasteiger partial charge in [0.25, 0.3) is 5.91 Å². The third-order valence-corrected chi connectivity index (χ3v) is 5.51. The largest absolute Gasteiger partial charge is 0.495 e. The predicted octanol–water partition coefficient (Wildman–Crippen LogP) is 0.579. The van der Waals surface area contributed by atoms with Gasteiger partial charge in [0.2, 0.25) is 0 Å². The molecule has 0 atom stereocenters. The SMILES string of the molecule is COc1ccc(NC(=O)C[NH+]2CC[NH+](Cc3ccccc3C)CC2)cc1Cl. The van der Waals surface area contributed by atoms with Crippen LogP contribution in [0.15, 0.2) is 42.5 Å². The van der Waals surface area contributed by atoms with Gasteiger partial charge < -0.3 is 19.9 Å². The maximum absolute atomic E-state index is 12.4. The summed E-state index contributed by atoms with van der Waals surface area (Å²) < 4.78 is 5.14. The van der Waals surface area contributed by atoms with Crippen LogP contribution in [0.2, 0.25) is 5.02 Å². The van der Waals surface area contributed by atoms with Gasteiger partial charge in [0, 0.05) is 11.3 Å². The molecule has 1 amide bonds. The number of ether oxygens (including phenoxy) is 1. The van der Waals surface area contributed by atoms with Crippen molar-refractivity contribution in [3.63, 3.8) is 0 Å². The molecule has 6 heteroatoms. The van der Waals surface area contributed by atoms with Gasteiger partial charge in [-0.15, -0.1) is 0 Å². The molecule has 5 nitrogen and oxygen atoms in total. The van der Waals surface area contributed by atoms with Gasteiger partial charge in [-0.1, -0.05) is 35.9 Å². The summed E-state index contributed by atoms with van der Waals surface area (Å²) in [6.45, 7) is 7.93. The van der Waals surface area contributed by atoms with E-state index in [9.17, 15) is 4.79 Å². The molecule has 0 bridgehead atoms. The number of nitrogens with one attached hydrogen (secondary N) is 3. The first-order chi connectivity index (χ1) is 13.0. The number of carbonyl (C=O) groups is 1. The molecule has 1 aliphatic rings. The van der Waals surface area contributed by atoms with Crippen molar-refractivity contribution in [2.24, 2.45) is 0 Å². The topological polar surface area (TPSA) is 47.2 Å². The van der Waals surface area contributed by atoms with E-state index < -0.39 is 0 Å². The smallest absolute Gasteiger partial charge is 0.279 e. The zero-order chi connectivity index (χ0) is 19.2. The van der Waals surface area contributed by atoms with Gasteiger partial charge in [0.1, 0.15) is 38.5 Å². The highest BCUT2D eigenvalue weighted by atomic mass is 35.5. The zero-order valence-electron chi connectivity index (χ0n) is 16.0. The molecule has 144 valence electrons. The summed E-state index contributed by atoms with van der Waals surface area (Å²) in [5, 5.41) is 3.43.